The second-order valence-corrected chi connectivity index (χ2v) is 3.84. The summed E-state index contributed by atoms with van der Waals surface area (Å²) in [5.41, 5.74) is 7.24. The molecule has 1 aromatic carbocycles. The van der Waals surface area contributed by atoms with Gasteiger partial charge in [-0.25, -0.2) is 9.59 Å². The summed E-state index contributed by atoms with van der Waals surface area (Å²) in [4.78, 5) is 24.2. The van der Waals surface area contributed by atoms with Crippen LogP contribution in [0.4, 0.5) is 0 Å². The molecule has 0 bridgehead atoms. The zero-order valence-corrected chi connectivity index (χ0v) is 10.0. The number of aromatic carboxylic acids is 2. The molecule has 106 valence electrons. The Morgan fingerprint density at radius 1 is 1.25 bits per heavy atom. The van der Waals surface area contributed by atoms with Gasteiger partial charge in [-0.15, -0.1) is 0 Å². The van der Waals surface area contributed by atoms with Crippen LogP contribution in [0.2, 0.25) is 0 Å². The summed E-state index contributed by atoms with van der Waals surface area (Å²) >= 11 is 0. The number of carbonyl (C=O) groups is 2. The van der Waals surface area contributed by atoms with E-state index in [2.05, 4.69) is 10.0 Å². The molecular weight excluding hydrogens is 270 g/mol. The molecule has 0 heterocycles. The van der Waals surface area contributed by atoms with Gasteiger partial charge in [0.15, 0.2) is 0 Å². The lowest BCUT2D eigenvalue weighted by Gasteiger charge is -2.18. The van der Waals surface area contributed by atoms with Crippen molar-refractivity contribution < 1.29 is 30.0 Å². The first-order valence-electron chi connectivity index (χ1n) is 5.36. The largest absolute Gasteiger partial charge is 0.478 e. The first kappa shape index (κ1) is 15.4. The van der Waals surface area contributed by atoms with E-state index in [0.717, 1.165) is 18.2 Å². The predicted molar refractivity (Wildman–Crippen MR) is 65.3 cm³/mol. The van der Waals surface area contributed by atoms with Crippen LogP contribution in [0.3, 0.4) is 0 Å². The summed E-state index contributed by atoms with van der Waals surface area (Å²) in [5, 5.41) is 40.3. The highest BCUT2D eigenvalue weighted by atomic mass is 16.4. The van der Waals surface area contributed by atoms with Crippen LogP contribution in [-0.2, 0) is 0 Å². The maximum absolute atomic E-state index is 11.1. The van der Waals surface area contributed by atoms with Crippen molar-refractivity contribution in [1.29, 1.82) is 0 Å². The Labute approximate surface area is 112 Å². The molecule has 0 aliphatic heterocycles. The minimum Gasteiger partial charge on any atom is -0.478 e. The third-order valence-corrected chi connectivity index (χ3v) is 2.55. The van der Waals surface area contributed by atoms with Crippen molar-refractivity contribution in [2.45, 2.75) is 12.2 Å². The molecule has 2 atom stereocenters. The summed E-state index contributed by atoms with van der Waals surface area (Å²) in [6.07, 6.45) is -3.12. The summed E-state index contributed by atoms with van der Waals surface area (Å²) in [7, 11) is 0. The molecule has 9 nitrogen and oxygen atoms in total. The van der Waals surface area contributed by atoms with Gasteiger partial charge in [0.05, 0.1) is 23.8 Å². The van der Waals surface area contributed by atoms with E-state index in [1.165, 1.54) is 0 Å². The number of rotatable bonds is 6. The zero-order chi connectivity index (χ0) is 15.3. The smallest absolute Gasteiger partial charge is 0.336 e. The highest BCUT2D eigenvalue weighted by Gasteiger charge is 2.24. The van der Waals surface area contributed by atoms with E-state index < -0.39 is 36.3 Å². The van der Waals surface area contributed by atoms with Crippen LogP contribution in [0.1, 0.15) is 32.4 Å². The van der Waals surface area contributed by atoms with Gasteiger partial charge in [0, 0.05) is 4.91 Å². The molecule has 9 heteroatoms. The van der Waals surface area contributed by atoms with Crippen LogP contribution in [-0.4, -0.2) is 45.0 Å². The minimum absolute atomic E-state index is 0.164. The summed E-state index contributed by atoms with van der Waals surface area (Å²) in [6.45, 7) is -0.447. The predicted octanol–water partition coefficient (Wildman–Crippen LogP) is 0.788. The number of azide groups is 1. The monoisotopic (exact) mass is 281 g/mol. The number of aliphatic hydroxyl groups excluding tert-OH is 2. The van der Waals surface area contributed by atoms with Gasteiger partial charge in [0.25, 0.3) is 0 Å². The van der Waals surface area contributed by atoms with E-state index in [4.69, 9.17) is 15.7 Å². The first-order chi connectivity index (χ1) is 9.38. The lowest BCUT2D eigenvalue weighted by Crippen LogP contribution is -2.23. The van der Waals surface area contributed by atoms with Crippen LogP contribution in [0, 0.1) is 0 Å². The van der Waals surface area contributed by atoms with Crippen molar-refractivity contribution >= 4 is 11.9 Å². The normalized spacial score (nSPS) is 13.1. The van der Waals surface area contributed by atoms with E-state index in [1.54, 1.807) is 0 Å². The third-order valence-electron chi connectivity index (χ3n) is 2.55. The highest BCUT2D eigenvalue weighted by Crippen LogP contribution is 2.23. The number of hydrogen-bond acceptors (Lipinski definition) is 5. The Hall–Kier alpha value is -2.61. The van der Waals surface area contributed by atoms with Crippen molar-refractivity contribution in [2.75, 3.05) is 6.54 Å². The van der Waals surface area contributed by atoms with Crippen LogP contribution >= 0.6 is 0 Å². The lowest BCUT2D eigenvalue weighted by atomic mass is 9.96. The van der Waals surface area contributed by atoms with E-state index in [9.17, 15) is 19.8 Å². The Morgan fingerprint density at radius 2 is 1.90 bits per heavy atom. The minimum atomic E-state index is -1.62. The topological polar surface area (TPSA) is 164 Å². The van der Waals surface area contributed by atoms with Gasteiger partial charge in [-0.2, -0.15) is 0 Å². The van der Waals surface area contributed by atoms with E-state index in [1.807, 2.05) is 0 Å². The molecule has 4 N–H and O–H groups in total. The van der Waals surface area contributed by atoms with Crippen molar-refractivity contribution in [1.82, 2.24) is 0 Å². The molecule has 0 fully saturated rings. The summed E-state index contributed by atoms with van der Waals surface area (Å²) in [5.74, 6) is -2.76. The molecule has 0 amide bonds. The molecule has 0 aromatic heterocycles. The van der Waals surface area contributed by atoms with Crippen LogP contribution < -0.4 is 0 Å². The Balaban J connectivity index is 3.19. The zero-order valence-electron chi connectivity index (χ0n) is 10.0. The molecule has 0 spiro atoms. The fourth-order valence-electron chi connectivity index (χ4n) is 1.56. The Morgan fingerprint density at radius 3 is 2.40 bits per heavy atom. The SMILES string of the molecule is [N-]=[N+]=NCC(O)C(O)c1ccc(C(=O)O)cc1C(=O)O. The van der Waals surface area contributed by atoms with Gasteiger partial charge in [0.2, 0.25) is 0 Å². The molecule has 0 aliphatic carbocycles. The maximum atomic E-state index is 11.1. The van der Waals surface area contributed by atoms with Crippen molar-refractivity contribution in [3.63, 3.8) is 0 Å². The number of benzene rings is 1. The van der Waals surface area contributed by atoms with Gasteiger partial charge >= 0.3 is 11.9 Å². The number of carboxylic acid groups (broad SMARTS) is 2. The van der Waals surface area contributed by atoms with Crippen molar-refractivity contribution in [3.05, 3.63) is 45.3 Å². The van der Waals surface area contributed by atoms with E-state index in [-0.39, 0.29) is 11.1 Å². The number of aliphatic hydroxyl groups is 2. The molecule has 1 rings (SSSR count). The Kier molecular flexibility index (Phi) is 5.04. The molecule has 2 unspecified atom stereocenters. The average molecular weight is 281 g/mol. The van der Waals surface area contributed by atoms with Gasteiger partial charge < -0.3 is 20.4 Å². The molecular formula is C11H11N3O6. The standard InChI is InChI=1S/C11H11N3O6/c12-14-13-4-8(15)9(16)6-2-1-5(10(17)18)3-7(6)11(19)20/h1-3,8-9,15-16H,4H2,(H,17,18)(H,19,20). The molecule has 0 saturated carbocycles. The van der Waals surface area contributed by atoms with Crippen molar-refractivity contribution in [3.8, 4) is 0 Å². The van der Waals surface area contributed by atoms with E-state index >= 15 is 0 Å². The summed E-state index contributed by atoms with van der Waals surface area (Å²) < 4.78 is 0. The third kappa shape index (κ3) is 3.45. The van der Waals surface area contributed by atoms with Gasteiger partial charge in [0.1, 0.15) is 6.10 Å². The fraction of sp³-hybridized carbons (Fsp3) is 0.273. The molecule has 20 heavy (non-hydrogen) atoms. The number of nitrogens with zero attached hydrogens (tertiary/aromatic N) is 3. The second kappa shape index (κ2) is 6.53. The molecule has 0 saturated heterocycles. The molecule has 0 aliphatic rings. The Bertz CT molecular complexity index is 582. The van der Waals surface area contributed by atoms with Crippen LogP contribution in [0.25, 0.3) is 10.4 Å². The average Bonchev–Trinajstić information content (AvgIpc) is 2.42. The van der Waals surface area contributed by atoms with Crippen LogP contribution in [0.5, 0.6) is 0 Å². The van der Waals surface area contributed by atoms with Gasteiger partial charge in [-0.1, -0.05) is 11.2 Å². The second-order valence-electron chi connectivity index (χ2n) is 3.84. The molecule has 0 radical (unpaired) electrons. The summed E-state index contributed by atoms with van der Waals surface area (Å²) in [6, 6.07) is 3.08. The van der Waals surface area contributed by atoms with Crippen LogP contribution in [0.15, 0.2) is 23.3 Å². The highest BCUT2D eigenvalue weighted by molar-refractivity contribution is 5.95. The fourth-order valence-corrected chi connectivity index (χ4v) is 1.56. The van der Waals surface area contributed by atoms with Gasteiger partial charge in [-0.05, 0) is 23.2 Å². The quantitative estimate of drug-likeness (QED) is 0.342. The van der Waals surface area contributed by atoms with E-state index in [0.29, 0.717) is 0 Å². The van der Waals surface area contributed by atoms with Crippen molar-refractivity contribution in [2.24, 2.45) is 5.11 Å². The van der Waals surface area contributed by atoms with Gasteiger partial charge in [-0.3, -0.25) is 0 Å². The lowest BCUT2D eigenvalue weighted by molar-refractivity contribution is 0.0232. The number of hydrogen-bond donors (Lipinski definition) is 4. The first-order valence-corrected chi connectivity index (χ1v) is 5.36. The number of carboxylic acids is 2. The molecule has 1 aromatic rings. The maximum Gasteiger partial charge on any atom is 0.336 e.